The van der Waals surface area contributed by atoms with E-state index in [0.717, 1.165) is 25.7 Å². The zero-order valence-corrected chi connectivity index (χ0v) is 14.0. The molecule has 1 aliphatic heterocycles. The molecule has 2 saturated carbocycles. The molecule has 1 atom stereocenters. The van der Waals surface area contributed by atoms with E-state index in [0.29, 0.717) is 12.0 Å². The van der Waals surface area contributed by atoms with Crippen LogP contribution >= 0.6 is 0 Å². The number of hydrogen-bond donors (Lipinski definition) is 2. The van der Waals surface area contributed by atoms with Crippen molar-refractivity contribution in [3.63, 3.8) is 0 Å². The Morgan fingerprint density at radius 3 is 2.48 bits per heavy atom. The molecule has 23 heavy (non-hydrogen) atoms. The lowest BCUT2D eigenvalue weighted by atomic mass is 9.66. The molecule has 3 rings (SSSR count). The highest BCUT2D eigenvalue weighted by Crippen LogP contribution is 2.51. The Balaban J connectivity index is 1.54. The lowest BCUT2D eigenvalue weighted by Gasteiger charge is -2.45. The van der Waals surface area contributed by atoms with E-state index in [2.05, 4.69) is 11.4 Å². The van der Waals surface area contributed by atoms with Gasteiger partial charge in [-0.3, -0.25) is 4.79 Å². The van der Waals surface area contributed by atoms with Gasteiger partial charge in [-0.2, -0.15) is 5.26 Å². The van der Waals surface area contributed by atoms with Crippen molar-refractivity contribution in [2.24, 2.45) is 5.41 Å². The quantitative estimate of drug-likeness (QED) is 0.830. The van der Waals surface area contributed by atoms with Crippen LogP contribution in [0.2, 0.25) is 0 Å². The second-order valence-corrected chi connectivity index (χ2v) is 7.87. The van der Waals surface area contributed by atoms with Gasteiger partial charge < -0.3 is 15.3 Å². The van der Waals surface area contributed by atoms with Gasteiger partial charge in [0, 0.05) is 12.1 Å². The minimum atomic E-state index is -0.300. The molecule has 1 heterocycles. The van der Waals surface area contributed by atoms with E-state index in [1.54, 1.807) is 4.90 Å². The molecule has 128 valence electrons. The van der Waals surface area contributed by atoms with Crippen LogP contribution < -0.4 is 5.32 Å². The molecule has 3 aliphatic rings. The highest BCUT2D eigenvalue weighted by Gasteiger charge is 2.43. The van der Waals surface area contributed by atoms with E-state index < -0.39 is 0 Å². The average Bonchev–Trinajstić information content (AvgIpc) is 3.24. The van der Waals surface area contributed by atoms with E-state index in [4.69, 9.17) is 5.26 Å². The van der Waals surface area contributed by atoms with E-state index in [-0.39, 0.29) is 30.6 Å². The molecule has 1 amide bonds. The van der Waals surface area contributed by atoms with Crippen LogP contribution in [0.15, 0.2) is 0 Å². The van der Waals surface area contributed by atoms with Crippen molar-refractivity contribution in [3.8, 4) is 6.07 Å². The van der Waals surface area contributed by atoms with Crippen molar-refractivity contribution in [3.05, 3.63) is 0 Å². The molecule has 1 spiro atoms. The second kappa shape index (κ2) is 6.78. The number of aliphatic hydroxyl groups excluding tert-OH is 1. The van der Waals surface area contributed by atoms with Crippen LogP contribution in [0.4, 0.5) is 0 Å². The van der Waals surface area contributed by atoms with Crippen LogP contribution in [-0.4, -0.2) is 47.2 Å². The van der Waals surface area contributed by atoms with Crippen LogP contribution in [0.5, 0.6) is 0 Å². The molecule has 0 radical (unpaired) electrons. The molecule has 0 aromatic carbocycles. The Kier molecular flexibility index (Phi) is 4.93. The third-order valence-electron chi connectivity index (χ3n) is 6.57. The number of likely N-dealkylation sites (tertiary alicyclic amines) is 1. The number of aliphatic hydroxyl groups is 1. The molecule has 0 unspecified atom stereocenters. The Morgan fingerprint density at radius 2 is 1.87 bits per heavy atom. The van der Waals surface area contributed by atoms with Gasteiger partial charge in [0.05, 0.1) is 19.2 Å². The maximum atomic E-state index is 12.4. The fraction of sp³-hybridized carbons (Fsp3) is 0.889. The van der Waals surface area contributed by atoms with Gasteiger partial charge in [0.2, 0.25) is 5.91 Å². The second-order valence-electron chi connectivity index (χ2n) is 7.87. The van der Waals surface area contributed by atoms with Crippen molar-refractivity contribution >= 4 is 5.91 Å². The maximum absolute atomic E-state index is 12.4. The van der Waals surface area contributed by atoms with Crippen LogP contribution in [0.1, 0.15) is 64.2 Å². The Morgan fingerprint density at radius 1 is 1.17 bits per heavy atom. The summed E-state index contributed by atoms with van der Waals surface area (Å²) in [5.41, 5.74) is 0.219. The number of nitrogens with one attached hydrogen (secondary N) is 1. The summed E-state index contributed by atoms with van der Waals surface area (Å²) in [5.74, 6) is 0.00280. The molecular weight excluding hydrogens is 290 g/mol. The number of hydrogen-bond acceptors (Lipinski definition) is 4. The standard InChI is InChI=1S/C18H29N3O2/c19-12-15-4-3-11-21(15)16(23)13-20-18(14-22)9-7-17(8-10-18)5-1-2-6-17/h15,20,22H,1-11,13-14H2/t15-/m0/s1. The Labute approximate surface area is 139 Å². The monoisotopic (exact) mass is 319 g/mol. The lowest BCUT2D eigenvalue weighted by molar-refractivity contribution is -0.130. The number of nitriles is 1. The van der Waals surface area contributed by atoms with Crippen LogP contribution in [0, 0.1) is 16.7 Å². The zero-order valence-electron chi connectivity index (χ0n) is 14.0. The Hall–Kier alpha value is -1.12. The third-order valence-corrected chi connectivity index (χ3v) is 6.57. The van der Waals surface area contributed by atoms with Gasteiger partial charge in [-0.25, -0.2) is 0 Å². The highest BCUT2D eigenvalue weighted by atomic mass is 16.3. The molecule has 5 heteroatoms. The summed E-state index contributed by atoms with van der Waals surface area (Å²) in [6.45, 7) is 1.03. The number of nitrogens with zero attached hydrogens (tertiary/aromatic N) is 2. The predicted molar refractivity (Wildman–Crippen MR) is 87.5 cm³/mol. The number of amides is 1. The van der Waals surface area contributed by atoms with Gasteiger partial charge in [0.15, 0.2) is 0 Å². The van der Waals surface area contributed by atoms with Gasteiger partial charge in [0.1, 0.15) is 6.04 Å². The first-order valence-electron chi connectivity index (χ1n) is 9.17. The van der Waals surface area contributed by atoms with Crippen molar-refractivity contribution in [2.45, 2.75) is 75.8 Å². The topological polar surface area (TPSA) is 76.4 Å². The van der Waals surface area contributed by atoms with Crippen molar-refractivity contribution in [1.29, 1.82) is 5.26 Å². The molecule has 1 saturated heterocycles. The predicted octanol–water partition coefficient (Wildman–Crippen LogP) is 1.96. The minimum absolute atomic E-state index is 0.00280. The number of carbonyl (C=O) groups is 1. The summed E-state index contributed by atoms with van der Waals surface area (Å²) in [6, 6.07) is 1.96. The number of rotatable bonds is 4. The molecule has 2 N–H and O–H groups in total. The smallest absolute Gasteiger partial charge is 0.237 e. The largest absolute Gasteiger partial charge is 0.394 e. The van der Waals surface area contributed by atoms with Crippen LogP contribution in [0.25, 0.3) is 0 Å². The SMILES string of the molecule is N#C[C@@H]1CCCN1C(=O)CNC1(CO)CCC2(CCCC2)CC1. The average molecular weight is 319 g/mol. The van der Waals surface area contributed by atoms with Gasteiger partial charge >= 0.3 is 0 Å². The maximum Gasteiger partial charge on any atom is 0.237 e. The molecule has 0 aromatic rings. The minimum Gasteiger partial charge on any atom is -0.394 e. The summed E-state index contributed by atoms with van der Waals surface area (Å²) >= 11 is 0. The third kappa shape index (κ3) is 3.39. The van der Waals surface area contributed by atoms with E-state index >= 15 is 0 Å². The molecule has 0 bridgehead atoms. The van der Waals surface area contributed by atoms with Crippen LogP contribution in [0.3, 0.4) is 0 Å². The van der Waals surface area contributed by atoms with Crippen molar-refractivity contribution in [1.82, 2.24) is 10.2 Å². The normalized spacial score (nSPS) is 28.9. The fourth-order valence-electron chi connectivity index (χ4n) is 4.84. The van der Waals surface area contributed by atoms with Crippen molar-refractivity contribution in [2.75, 3.05) is 19.7 Å². The fourth-order valence-corrected chi connectivity index (χ4v) is 4.84. The molecule has 3 fully saturated rings. The van der Waals surface area contributed by atoms with Gasteiger partial charge in [-0.1, -0.05) is 12.8 Å². The van der Waals surface area contributed by atoms with Gasteiger partial charge in [0.25, 0.3) is 0 Å². The first-order valence-corrected chi connectivity index (χ1v) is 9.17. The van der Waals surface area contributed by atoms with Gasteiger partial charge in [-0.05, 0) is 56.8 Å². The zero-order chi connectivity index (χ0) is 16.3. The van der Waals surface area contributed by atoms with Crippen molar-refractivity contribution < 1.29 is 9.90 Å². The molecule has 5 nitrogen and oxygen atoms in total. The number of carbonyl (C=O) groups excluding carboxylic acids is 1. The molecule has 2 aliphatic carbocycles. The summed E-state index contributed by atoms with van der Waals surface area (Å²) < 4.78 is 0. The van der Waals surface area contributed by atoms with Gasteiger partial charge in [-0.15, -0.1) is 0 Å². The van der Waals surface area contributed by atoms with E-state index in [9.17, 15) is 9.90 Å². The first-order chi connectivity index (χ1) is 11.1. The lowest BCUT2D eigenvalue weighted by Crippen LogP contribution is -2.55. The van der Waals surface area contributed by atoms with E-state index in [1.807, 2.05) is 0 Å². The summed E-state index contributed by atoms with van der Waals surface area (Å²) in [4.78, 5) is 14.1. The van der Waals surface area contributed by atoms with E-state index in [1.165, 1.54) is 38.5 Å². The highest BCUT2D eigenvalue weighted by molar-refractivity contribution is 5.79. The first kappa shape index (κ1) is 16.7. The summed E-state index contributed by atoms with van der Waals surface area (Å²) in [6.07, 6.45) is 11.3. The van der Waals surface area contributed by atoms with Crippen LogP contribution in [-0.2, 0) is 4.79 Å². The summed E-state index contributed by atoms with van der Waals surface area (Å²) in [7, 11) is 0. The summed E-state index contributed by atoms with van der Waals surface area (Å²) in [5, 5.41) is 22.4. The Bertz CT molecular complexity index is 469. The molecule has 0 aromatic heterocycles. The molecular formula is C18H29N3O2.